The number of hydrogen-bond acceptors (Lipinski definition) is 5. The Morgan fingerprint density at radius 3 is 2.86 bits per heavy atom. The molecule has 1 aromatic carbocycles. The van der Waals surface area contributed by atoms with Crippen LogP contribution in [0.15, 0.2) is 22.6 Å². The minimum absolute atomic E-state index is 0.138. The molecule has 0 bridgehead atoms. The number of halogens is 1. The van der Waals surface area contributed by atoms with E-state index in [1.54, 1.807) is 6.07 Å². The molecule has 0 spiro atoms. The zero-order valence-corrected chi connectivity index (χ0v) is 11.3. The van der Waals surface area contributed by atoms with Gasteiger partial charge in [0.2, 0.25) is 5.91 Å². The van der Waals surface area contributed by atoms with E-state index < -0.39 is 12.0 Å². The molecule has 7 heteroatoms. The number of aliphatic hydroxyl groups excluding tert-OH is 1. The summed E-state index contributed by atoms with van der Waals surface area (Å²) in [5.41, 5.74) is 6.12. The predicted octanol–water partition coefficient (Wildman–Crippen LogP) is 1.03. The van der Waals surface area contributed by atoms with Crippen LogP contribution in [0.3, 0.4) is 0 Å². The van der Waals surface area contributed by atoms with E-state index in [1.807, 2.05) is 4.90 Å². The summed E-state index contributed by atoms with van der Waals surface area (Å²) >= 11 is 0. The lowest BCUT2D eigenvalue weighted by Crippen LogP contribution is -2.42. The normalized spacial score (nSPS) is 18.1. The number of carbonyl (C=O) groups excluding carboxylic acids is 1. The summed E-state index contributed by atoms with van der Waals surface area (Å²) in [6.45, 7) is 1.20. The maximum absolute atomic E-state index is 13.1. The highest BCUT2D eigenvalue weighted by atomic mass is 19.1. The molecule has 1 amide bonds. The van der Waals surface area contributed by atoms with E-state index in [-0.39, 0.29) is 11.7 Å². The van der Waals surface area contributed by atoms with Gasteiger partial charge in [-0.15, -0.1) is 0 Å². The van der Waals surface area contributed by atoms with Gasteiger partial charge < -0.3 is 20.2 Å². The second-order valence-electron chi connectivity index (χ2n) is 5.28. The number of primary amides is 1. The lowest BCUT2D eigenvalue weighted by Gasteiger charge is -2.32. The van der Waals surface area contributed by atoms with Crippen LogP contribution in [0.2, 0.25) is 0 Å². The van der Waals surface area contributed by atoms with Gasteiger partial charge >= 0.3 is 0 Å². The molecule has 1 atom stereocenters. The Kier molecular flexibility index (Phi) is 3.50. The van der Waals surface area contributed by atoms with Gasteiger partial charge in [0.05, 0.1) is 0 Å². The van der Waals surface area contributed by atoms with Gasteiger partial charge in [-0.3, -0.25) is 4.79 Å². The summed E-state index contributed by atoms with van der Waals surface area (Å²) in [6.07, 6.45) is 0.138. The van der Waals surface area contributed by atoms with Crippen LogP contribution in [0.1, 0.15) is 12.8 Å². The minimum atomic E-state index is -1.11. The SMILES string of the molecule is NC(=O)[C@@H](O)C1CCN(c2nc3cc(F)ccc3o2)CC1. The maximum atomic E-state index is 13.1. The van der Waals surface area contributed by atoms with Crippen molar-refractivity contribution in [1.29, 1.82) is 0 Å². The first-order valence-corrected chi connectivity index (χ1v) is 6.83. The molecule has 21 heavy (non-hydrogen) atoms. The number of nitrogens with two attached hydrogens (primary N) is 1. The number of benzene rings is 1. The molecular weight excluding hydrogens is 277 g/mol. The number of piperidine rings is 1. The monoisotopic (exact) mass is 293 g/mol. The van der Waals surface area contributed by atoms with Crippen molar-refractivity contribution >= 4 is 23.0 Å². The van der Waals surface area contributed by atoms with Crippen molar-refractivity contribution in [3.8, 4) is 0 Å². The first-order valence-electron chi connectivity index (χ1n) is 6.83. The Morgan fingerprint density at radius 2 is 2.19 bits per heavy atom. The van der Waals surface area contributed by atoms with Gasteiger partial charge in [0, 0.05) is 19.2 Å². The highest BCUT2D eigenvalue weighted by molar-refractivity contribution is 5.79. The van der Waals surface area contributed by atoms with Crippen molar-refractivity contribution in [2.24, 2.45) is 11.7 Å². The van der Waals surface area contributed by atoms with Crippen molar-refractivity contribution in [3.63, 3.8) is 0 Å². The quantitative estimate of drug-likeness (QED) is 0.881. The highest BCUT2D eigenvalue weighted by Gasteiger charge is 2.29. The van der Waals surface area contributed by atoms with Crippen LogP contribution >= 0.6 is 0 Å². The summed E-state index contributed by atoms with van der Waals surface area (Å²) in [6, 6.07) is 4.63. The Morgan fingerprint density at radius 1 is 1.48 bits per heavy atom. The molecule has 0 unspecified atom stereocenters. The van der Waals surface area contributed by atoms with Crippen molar-refractivity contribution in [2.45, 2.75) is 18.9 Å². The van der Waals surface area contributed by atoms with Crippen LogP contribution in [0.25, 0.3) is 11.1 Å². The molecule has 2 heterocycles. The van der Waals surface area contributed by atoms with E-state index >= 15 is 0 Å². The van der Waals surface area contributed by atoms with Crippen molar-refractivity contribution < 1.29 is 18.7 Å². The molecule has 1 aliphatic heterocycles. The van der Waals surface area contributed by atoms with E-state index in [9.17, 15) is 14.3 Å². The zero-order valence-electron chi connectivity index (χ0n) is 11.3. The second-order valence-corrected chi connectivity index (χ2v) is 5.28. The summed E-state index contributed by atoms with van der Waals surface area (Å²) in [5.74, 6) is -1.18. The number of fused-ring (bicyclic) bond motifs is 1. The molecule has 2 aromatic rings. The average Bonchev–Trinajstić information content (AvgIpc) is 2.89. The highest BCUT2D eigenvalue weighted by Crippen LogP contribution is 2.27. The number of carbonyl (C=O) groups is 1. The lowest BCUT2D eigenvalue weighted by atomic mass is 9.91. The Balaban J connectivity index is 1.72. The van der Waals surface area contributed by atoms with Crippen LogP contribution < -0.4 is 10.6 Å². The fraction of sp³-hybridized carbons (Fsp3) is 0.429. The predicted molar refractivity (Wildman–Crippen MR) is 74.1 cm³/mol. The molecule has 0 saturated carbocycles. The number of amides is 1. The number of rotatable bonds is 3. The molecule has 1 saturated heterocycles. The Hall–Kier alpha value is -2.15. The Labute approximate surface area is 120 Å². The van der Waals surface area contributed by atoms with Crippen LogP contribution in [-0.4, -0.2) is 35.2 Å². The van der Waals surface area contributed by atoms with Gasteiger partial charge in [0.25, 0.3) is 6.01 Å². The first-order chi connectivity index (χ1) is 10.0. The van der Waals surface area contributed by atoms with Crippen molar-refractivity contribution in [2.75, 3.05) is 18.0 Å². The molecule has 0 radical (unpaired) electrons. The molecule has 1 aliphatic rings. The third-order valence-corrected chi connectivity index (χ3v) is 3.89. The van der Waals surface area contributed by atoms with Crippen molar-refractivity contribution in [3.05, 3.63) is 24.0 Å². The molecular formula is C14H16FN3O3. The van der Waals surface area contributed by atoms with Gasteiger partial charge in [-0.05, 0) is 30.9 Å². The van der Waals surface area contributed by atoms with E-state index in [4.69, 9.17) is 10.2 Å². The number of anilines is 1. The molecule has 3 N–H and O–H groups in total. The summed E-state index contributed by atoms with van der Waals surface area (Å²) < 4.78 is 18.7. The van der Waals surface area contributed by atoms with E-state index in [1.165, 1.54) is 12.1 Å². The fourth-order valence-corrected chi connectivity index (χ4v) is 2.66. The molecule has 6 nitrogen and oxygen atoms in total. The smallest absolute Gasteiger partial charge is 0.298 e. The van der Waals surface area contributed by atoms with E-state index in [0.717, 1.165) is 0 Å². The summed E-state index contributed by atoms with van der Waals surface area (Å²) in [5, 5.41) is 9.68. The number of nitrogens with zero attached hydrogens (tertiary/aromatic N) is 2. The minimum Gasteiger partial charge on any atom is -0.423 e. The maximum Gasteiger partial charge on any atom is 0.298 e. The fourth-order valence-electron chi connectivity index (χ4n) is 2.66. The third-order valence-electron chi connectivity index (χ3n) is 3.89. The second kappa shape index (κ2) is 5.33. The molecule has 1 fully saturated rings. The number of hydrogen-bond donors (Lipinski definition) is 2. The van der Waals surface area contributed by atoms with E-state index in [2.05, 4.69) is 4.98 Å². The molecule has 112 valence electrons. The summed E-state index contributed by atoms with van der Waals surface area (Å²) in [4.78, 5) is 17.2. The van der Waals surface area contributed by atoms with Gasteiger partial charge in [-0.25, -0.2) is 4.39 Å². The van der Waals surface area contributed by atoms with Gasteiger partial charge in [-0.1, -0.05) is 0 Å². The van der Waals surface area contributed by atoms with Crippen LogP contribution in [0.4, 0.5) is 10.4 Å². The molecule has 3 rings (SSSR count). The standard InChI is InChI=1S/C14H16FN3O3/c15-9-1-2-11-10(7-9)17-14(21-11)18-5-3-8(4-6-18)12(19)13(16)20/h1-2,7-8,12,19H,3-6H2,(H2,16,20)/t12-/m0/s1. The summed E-state index contributed by atoms with van der Waals surface area (Å²) in [7, 11) is 0. The number of oxazole rings is 1. The Bertz CT molecular complexity index is 665. The third kappa shape index (κ3) is 2.69. The van der Waals surface area contributed by atoms with Gasteiger partial charge in [0.15, 0.2) is 5.58 Å². The molecule has 1 aromatic heterocycles. The van der Waals surface area contributed by atoms with Gasteiger partial charge in [0.1, 0.15) is 17.4 Å². The van der Waals surface area contributed by atoms with Gasteiger partial charge in [-0.2, -0.15) is 4.98 Å². The molecule has 0 aliphatic carbocycles. The first kappa shape index (κ1) is 13.8. The number of aromatic nitrogens is 1. The van der Waals surface area contributed by atoms with Crippen LogP contribution in [0.5, 0.6) is 0 Å². The lowest BCUT2D eigenvalue weighted by molar-refractivity contribution is -0.129. The largest absolute Gasteiger partial charge is 0.423 e. The van der Waals surface area contributed by atoms with E-state index in [0.29, 0.717) is 43.0 Å². The van der Waals surface area contributed by atoms with Crippen LogP contribution in [0, 0.1) is 11.7 Å². The van der Waals surface area contributed by atoms with Crippen molar-refractivity contribution in [1.82, 2.24) is 4.98 Å². The zero-order chi connectivity index (χ0) is 15.0. The van der Waals surface area contributed by atoms with Crippen LogP contribution in [-0.2, 0) is 4.79 Å². The topological polar surface area (TPSA) is 92.6 Å². The number of aliphatic hydroxyl groups is 1. The average molecular weight is 293 g/mol.